The van der Waals surface area contributed by atoms with Crippen molar-refractivity contribution in [3.8, 4) is 0 Å². The topological polar surface area (TPSA) is 74.8 Å². The van der Waals surface area contributed by atoms with E-state index in [1.807, 2.05) is 20.8 Å². The van der Waals surface area contributed by atoms with Crippen LogP contribution >= 0.6 is 35.0 Å². The van der Waals surface area contributed by atoms with Crippen LogP contribution in [0.1, 0.15) is 38.8 Å². The summed E-state index contributed by atoms with van der Waals surface area (Å²) in [4.78, 5) is 31.4. The summed E-state index contributed by atoms with van der Waals surface area (Å²) in [5.41, 5.74) is 1.04. The molecule has 8 heteroatoms. The molecule has 134 valence electrons. The first kappa shape index (κ1) is 19.8. The molecular formula is C17H19Cl2N3O2S. The van der Waals surface area contributed by atoms with Gasteiger partial charge in [0.25, 0.3) is 5.56 Å². The molecule has 0 saturated carbocycles. The Bertz CT molecular complexity index is 824. The fraction of sp³-hybridized carbons (Fsp3) is 0.353. The van der Waals surface area contributed by atoms with Crippen LogP contribution in [0.2, 0.25) is 10.0 Å². The number of amides is 1. The summed E-state index contributed by atoms with van der Waals surface area (Å²) in [6.45, 7) is 5.82. The van der Waals surface area contributed by atoms with E-state index in [1.165, 1.54) is 17.8 Å². The van der Waals surface area contributed by atoms with Gasteiger partial charge in [-0.25, -0.2) is 4.98 Å². The molecule has 1 heterocycles. The largest absolute Gasteiger partial charge is 0.325 e. The van der Waals surface area contributed by atoms with Crippen LogP contribution < -0.4 is 10.9 Å². The van der Waals surface area contributed by atoms with E-state index in [9.17, 15) is 9.59 Å². The van der Waals surface area contributed by atoms with Crippen molar-refractivity contribution in [2.75, 3.05) is 5.32 Å². The Kier molecular flexibility index (Phi) is 6.93. The van der Waals surface area contributed by atoms with Gasteiger partial charge in [-0.2, -0.15) is 0 Å². The molecular weight excluding hydrogens is 381 g/mol. The monoisotopic (exact) mass is 399 g/mol. The molecule has 25 heavy (non-hydrogen) atoms. The zero-order valence-electron chi connectivity index (χ0n) is 14.1. The van der Waals surface area contributed by atoms with Crippen molar-refractivity contribution >= 4 is 46.6 Å². The van der Waals surface area contributed by atoms with Crippen LogP contribution in [0.25, 0.3) is 0 Å². The SMILES string of the molecule is CCC(Sc1nc(C(C)C)cc(=O)[nH]1)C(=O)Nc1ccc(Cl)c(Cl)c1. The number of anilines is 1. The third-order valence-electron chi connectivity index (χ3n) is 3.44. The molecule has 1 aromatic heterocycles. The Hall–Kier alpha value is -1.50. The Morgan fingerprint density at radius 3 is 2.60 bits per heavy atom. The van der Waals surface area contributed by atoms with Gasteiger partial charge >= 0.3 is 0 Å². The fourth-order valence-electron chi connectivity index (χ4n) is 2.06. The number of aromatic nitrogens is 2. The van der Waals surface area contributed by atoms with Gasteiger partial charge in [0.05, 0.1) is 21.0 Å². The lowest BCUT2D eigenvalue weighted by molar-refractivity contribution is -0.115. The molecule has 5 nitrogen and oxygen atoms in total. The van der Waals surface area contributed by atoms with Crippen molar-refractivity contribution in [2.45, 2.75) is 43.5 Å². The maximum absolute atomic E-state index is 12.5. The lowest BCUT2D eigenvalue weighted by Crippen LogP contribution is -2.25. The smallest absolute Gasteiger partial charge is 0.251 e. The molecule has 1 unspecified atom stereocenters. The third kappa shape index (κ3) is 5.49. The van der Waals surface area contributed by atoms with Crippen LogP contribution in [0.5, 0.6) is 0 Å². The number of carbonyl (C=O) groups is 1. The molecule has 0 saturated heterocycles. The molecule has 2 rings (SSSR count). The molecule has 0 aliphatic heterocycles. The molecule has 1 amide bonds. The van der Waals surface area contributed by atoms with Gasteiger partial charge < -0.3 is 10.3 Å². The average Bonchev–Trinajstić information content (AvgIpc) is 2.55. The molecule has 2 N–H and O–H groups in total. The third-order valence-corrected chi connectivity index (χ3v) is 5.42. The molecule has 1 atom stereocenters. The Balaban J connectivity index is 2.15. The second kappa shape index (κ2) is 8.74. The number of thioether (sulfide) groups is 1. The number of carbonyl (C=O) groups excluding carboxylic acids is 1. The first-order valence-electron chi connectivity index (χ1n) is 7.84. The van der Waals surface area contributed by atoms with Gasteiger partial charge in [0.1, 0.15) is 0 Å². The first-order valence-corrected chi connectivity index (χ1v) is 9.47. The Labute approximate surface area is 160 Å². The summed E-state index contributed by atoms with van der Waals surface area (Å²) < 4.78 is 0. The first-order chi connectivity index (χ1) is 11.8. The number of halogens is 2. The minimum absolute atomic E-state index is 0.131. The van der Waals surface area contributed by atoms with Gasteiger partial charge in [0.15, 0.2) is 5.16 Å². The van der Waals surface area contributed by atoms with E-state index in [-0.39, 0.29) is 17.4 Å². The van der Waals surface area contributed by atoms with Gasteiger partial charge in [-0.05, 0) is 30.5 Å². The lowest BCUT2D eigenvalue weighted by atomic mass is 10.1. The summed E-state index contributed by atoms with van der Waals surface area (Å²) in [5.74, 6) is -0.0600. The number of H-pyrrole nitrogens is 1. The number of nitrogens with one attached hydrogen (secondary N) is 2. The van der Waals surface area contributed by atoms with E-state index in [2.05, 4.69) is 15.3 Å². The van der Waals surface area contributed by atoms with Crippen LogP contribution in [0.3, 0.4) is 0 Å². The lowest BCUT2D eigenvalue weighted by Gasteiger charge is -2.15. The van der Waals surface area contributed by atoms with Crippen LogP contribution in [-0.4, -0.2) is 21.1 Å². The highest BCUT2D eigenvalue weighted by Crippen LogP contribution is 2.27. The summed E-state index contributed by atoms with van der Waals surface area (Å²) >= 11 is 13.1. The molecule has 2 aromatic rings. The quantitative estimate of drug-likeness (QED) is 0.544. The second-order valence-corrected chi connectivity index (χ2v) is 7.77. The summed E-state index contributed by atoms with van der Waals surface area (Å²) in [6, 6.07) is 6.38. The number of benzene rings is 1. The number of hydrogen-bond donors (Lipinski definition) is 2. The van der Waals surface area contributed by atoms with Crippen LogP contribution in [0, 0.1) is 0 Å². The zero-order chi connectivity index (χ0) is 18.6. The molecule has 0 spiro atoms. The zero-order valence-corrected chi connectivity index (χ0v) is 16.4. The Morgan fingerprint density at radius 1 is 1.28 bits per heavy atom. The molecule has 0 radical (unpaired) electrons. The van der Waals surface area contributed by atoms with Gasteiger partial charge in [0.2, 0.25) is 5.91 Å². The van der Waals surface area contributed by atoms with Crippen molar-refractivity contribution in [2.24, 2.45) is 0 Å². The summed E-state index contributed by atoms with van der Waals surface area (Å²) in [7, 11) is 0. The van der Waals surface area contributed by atoms with Gasteiger partial charge in [-0.1, -0.05) is 55.7 Å². The van der Waals surface area contributed by atoms with Crippen molar-refractivity contribution in [1.29, 1.82) is 0 Å². The molecule has 0 aliphatic carbocycles. The van der Waals surface area contributed by atoms with Crippen molar-refractivity contribution < 1.29 is 4.79 Å². The second-order valence-electron chi connectivity index (χ2n) is 5.76. The van der Waals surface area contributed by atoms with E-state index in [1.54, 1.807) is 18.2 Å². The number of rotatable bonds is 6. The molecule has 0 fully saturated rings. The maximum Gasteiger partial charge on any atom is 0.251 e. The molecule has 0 aliphatic rings. The van der Waals surface area contributed by atoms with E-state index in [0.717, 1.165) is 0 Å². The molecule has 1 aromatic carbocycles. The van der Waals surface area contributed by atoms with Crippen molar-refractivity contribution in [1.82, 2.24) is 9.97 Å². The van der Waals surface area contributed by atoms with Crippen LogP contribution in [-0.2, 0) is 4.79 Å². The maximum atomic E-state index is 12.5. The standard InChI is InChI=1S/C17H19Cl2N3O2S/c1-4-14(16(24)20-10-5-6-11(18)12(19)7-10)25-17-21-13(9(2)3)8-15(23)22-17/h5-9,14H,4H2,1-3H3,(H,20,24)(H,21,22,23). The predicted octanol–water partition coefficient (Wildman–Crippen LogP) is 4.71. The van der Waals surface area contributed by atoms with E-state index >= 15 is 0 Å². The normalized spacial score (nSPS) is 12.2. The van der Waals surface area contributed by atoms with E-state index < -0.39 is 5.25 Å². The molecule has 0 bridgehead atoms. The highest BCUT2D eigenvalue weighted by Gasteiger charge is 2.20. The van der Waals surface area contributed by atoms with Crippen molar-refractivity contribution in [3.63, 3.8) is 0 Å². The fourth-order valence-corrected chi connectivity index (χ4v) is 3.28. The van der Waals surface area contributed by atoms with E-state index in [0.29, 0.717) is 33.0 Å². The Morgan fingerprint density at radius 2 is 2.00 bits per heavy atom. The van der Waals surface area contributed by atoms with Gasteiger partial charge in [0, 0.05) is 11.8 Å². The van der Waals surface area contributed by atoms with Gasteiger partial charge in [-0.15, -0.1) is 0 Å². The minimum atomic E-state index is -0.403. The van der Waals surface area contributed by atoms with Crippen molar-refractivity contribution in [3.05, 3.63) is 50.4 Å². The number of nitrogens with zero attached hydrogens (tertiary/aromatic N) is 1. The predicted molar refractivity (Wildman–Crippen MR) is 104 cm³/mol. The van der Waals surface area contributed by atoms with Crippen LogP contribution in [0.15, 0.2) is 34.2 Å². The summed E-state index contributed by atoms with van der Waals surface area (Å²) in [6.07, 6.45) is 0.577. The van der Waals surface area contributed by atoms with Crippen LogP contribution in [0.4, 0.5) is 5.69 Å². The number of aromatic amines is 1. The minimum Gasteiger partial charge on any atom is -0.325 e. The van der Waals surface area contributed by atoms with Gasteiger partial charge in [-0.3, -0.25) is 9.59 Å². The highest BCUT2D eigenvalue weighted by atomic mass is 35.5. The van der Waals surface area contributed by atoms with E-state index in [4.69, 9.17) is 23.2 Å². The number of hydrogen-bond acceptors (Lipinski definition) is 4. The highest BCUT2D eigenvalue weighted by molar-refractivity contribution is 8.00. The summed E-state index contributed by atoms with van der Waals surface area (Å²) in [5, 5.41) is 3.64. The average molecular weight is 400 g/mol.